The van der Waals surface area contributed by atoms with Gasteiger partial charge in [-0.1, -0.05) is 23.4 Å². The molecular formula is C21H18ClFN4O2S2. The largest absolute Gasteiger partial charge is 0.416 e. The Morgan fingerprint density at radius 1 is 1.26 bits per heavy atom. The Morgan fingerprint density at radius 2 is 2.06 bits per heavy atom. The van der Waals surface area contributed by atoms with Gasteiger partial charge in [0.2, 0.25) is 5.89 Å². The summed E-state index contributed by atoms with van der Waals surface area (Å²) in [6.45, 7) is 5.68. The maximum atomic E-state index is 13.5. The summed E-state index contributed by atoms with van der Waals surface area (Å²) >= 11 is 8.69. The standard InChI is InChI=1S/C21H18ClFN4O2S2/c1-11-6-16(12(2)27(11)15-4-5-18(23)17(22)8-15)19(28)10-31-21-26-25-20(29-21)7-14-9-30-13(3)24-14/h4-6,8-9H,7,10H2,1-3H3. The first-order valence-electron chi connectivity index (χ1n) is 9.35. The van der Waals surface area contributed by atoms with Crippen LogP contribution in [0.3, 0.4) is 0 Å². The number of hydrogen-bond donors (Lipinski definition) is 0. The van der Waals surface area contributed by atoms with Crippen LogP contribution in [0.15, 0.2) is 39.3 Å². The molecule has 4 aromatic rings. The number of aromatic nitrogens is 4. The van der Waals surface area contributed by atoms with E-state index in [0.29, 0.717) is 28.8 Å². The molecule has 0 fully saturated rings. The normalized spacial score (nSPS) is 11.3. The van der Waals surface area contributed by atoms with Gasteiger partial charge < -0.3 is 8.98 Å². The van der Waals surface area contributed by atoms with E-state index in [0.717, 1.165) is 22.1 Å². The van der Waals surface area contributed by atoms with Crippen LogP contribution in [0.5, 0.6) is 0 Å². The molecule has 0 spiro atoms. The zero-order valence-electron chi connectivity index (χ0n) is 17.0. The number of ketones is 1. The lowest BCUT2D eigenvalue weighted by Crippen LogP contribution is -2.05. The topological polar surface area (TPSA) is 73.8 Å². The number of rotatable bonds is 7. The molecule has 0 saturated carbocycles. The minimum absolute atomic E-state index is 0.0356. The van der Waals surface area contributed by atoms with Gasteiger partial charge in [0.05, 0.1) is 27.9 Å². The van der Waals surface area contributed by atoms with Crippen LogP contribution in [0, 0.1) is 26.6 Å². The van der Waals surface area contributed by atoms with Crippen molar-refractivity contribution >= 4 is 40.5 Å². The Balaban J connectivity index is 1.45. The molecule has 0 unspecified atom stereocenters. The molecule has 10 heteroatoms. The van der Waals surface area contributed by atoms with Crippen LogP contribution in [0.2, 0.25) is 5.02 Å². The average Bonchev–Trinajstić information content (AvgIpc) is 3.42. The van der Waals surface area contributed by atoms with Crippen LogP contribution < -0.4 is 0 Å². The molecule has 4 rings (SSSR count). The fraction of sp³-hybridized carbons (Fsp3) is 0.238. The molecule has 3 aromatic heterocycles. The molecule has 31 heavy (non-hydrogen) atoms. The summed E-state index contributed by atoms with van der Waals surface area (Å²) in [5, 5.41) is 11.4. The van der Waals surface area contributed by atoms with Crippen LogP contribution in [0.25, 0.3) is 5.69 Å². The highest BCUT2D eigenvalue weighted by molar-refractivity contribution is 7.99. The zero-order valence-corrected chi connectivity index (χ0v) is 19.4. The summed E-state index contributed by atoms with van der Waals surface area (Å²) in [5.41, 5.74) is 3.78. The number of aryl methyl sites for hydroxylation is 2. The number of Topliss-reactive ketones (excluding diaryl/α,β-unsaturated/α-hetero) is 1. The van der Waals surface area contributed by atoms with Gasteiger partial charge in [-0.15, -0.1) is 21.5 Å². The fourth-order valence-corrected chi connectivity index (χ4v) is 4.74. The summed E-state index contributed by atoms with van der Waals surface area (Å²) < 4.78 is 21.0. The van der Waals surface area contributed by atoms with Crippen molar-refractivity contribution in [1.82, 2.24) is 19.7 Å². The van der Waals surface area contributed by atoms with Crippen molar-refractivity contribution in [2.45, 2.75) is 32.4 Å². The summed E-state index contributed by atoms with van der Waals surface area (Å²) in [5.74, 6) is 0.0785. The van der Waals surface area contributed by atoms with Gasteiger partial charge >= 0.3 is 0 Å². The predicted molar refractivity (Wildman–Crippen MR) is 119 cm³/mol. The van der Waals surface area contributed by atoms with Crippen molar-refractivity contribution in [3.63, 3.8) is 0 Å². The van der Waals surface area contributed by atoms with E-state index in [1.165, 1.54) is 17.8 Å². The molecule has 0 aliphatic carbocycles. The molecule has 0 N–H and O–H groups in total. The Kier molecular flexibility index (Phi) is 6.27. The van der Waals surface area contributed by atoms with Crippen LogP contribution >= 0.6 is 34.7 Å². The SMILES string of the molecule is Cc1nc(Cc2nnc(SCC(=O)c3cc(C)n(-c4ccc(F)c(Cl)c4)c3C)o2)cs1. The quantitative estimate of drug-likeness (QED) is 0.255. The van der Waals surface area contributed by atoms with E-state index in [1.807, 2.05) is 36.8 Å². The molecule has 0 bridgehead atoms. The monoisotopic (exact) mass is 476 g/mol. The van der Waals surface area contributed by atoms with Gasteiger partial charge in [-0.05, 0) is 45.0 Å². The van der Waals surface area contributed by atoms with Crippen molar-refractivity contribution in [2.75, 3.05) is 5.75 Å². The molecule has 0 atom stereocenters. The third-order valence-corrected chi connectivity index (χ3v) is 6.60. The second-order valence-electron chi connectivity index (χ2n) is 6.93. The van der Waals surface area contributed by atoms with Crippen molar-refractivity contribution in [2.24, 2.45) is 0 Å². The first-order chi connectivity index (χ1) is 14.8. The molecule has 0 amide bonds. The van der Waals surface area contributed by atoms with E-state index < -0.39 is 5.82 Å². The molecule has 0 aliphatic rings. The number of nitrogens with zero attached hydrogens (tertiary/aromatic N) is 4. The first kappa shape index (κ1) is 21.7. The summed E-state index contributed by atoms with van der Waals surface area (Å²) in [7, 11) is 0. The highest BCUT2D eigenvalue weighted by Crippen LogP contribution is 2.26. The van der Waals surface area contributed by atoms with Gasteiger partial charge in [-0.2, -0.15) is 0 Å². The average molecular weight is 477 g/mol. The third kappa shape index (κ3) is 4.73. The van der Waals surface area contributed by atoms with Gasteiger partial charge in [0.15, 0.2) is 5.78 Å². The molecule has 0 saturated heterocycles. The second kappa shape index (κ2) is 8.94. The lowest BCUT2D eigenvalue weighted by atomic mass is 10.2. The first-order valence-corrected chi connectivity index (χ1v) is 11.6. The van der Waals surface area contributed by atoms with E-state index in [-0.39, 0.29) is 16.6 Å². The van der Waals surface area contributed by atoms with E-state index in [4.69, 9.17) is 16.0 Å². The predicted octanol–water partition coefficient (Wildman–Crippen LogP) is 5.60. The van der Waals surface area contributed by atoms with Gasteiger partial charge in [0.1, 0.15) is 5.82 Å². The lowest BCUT2D eigenvalue weighted by Gasteiger charge is -2.10. The minimum atomic E-state index is -0.482. The Morgan fingerprint density at radius 3 is 2.77 bits per heavy atom. The van der Waals surface area contributed by atoms with E-state index in [1.54, 1.807) is 23.5 Å². The van der Waals surface area contributed by atoms with Crippen LogP contribution in [-0.2, 0) is 6.42 Å². The Bertz CT molecular complexity index is 1260. The van der Waals surface area contributed by atoms with E-state index >= 15 is 0 Å². The number of thioether (sulfide) groups is 1. The molecule has 3 heterocycles. The maximum absolute atomic E-state index is 13.5. The van der Waals surface area contributed by atoms with Crippen molar-refractivity contribution < 1.29 is 13.6 Å². The van der Waals surface area contributed by atoms with Gasteiger partial charge in [0, 0.05) is 28.0 Å². The highest BCUT2D eigenvalue weighted by atomic mass is 35.5. The van der Waals surface area contributed by atoms with Crippen molar-refractivity contribution in [3.8, 4) is 5.69 Å². The van der Waals surface area contributed by atoms with Crippen molar-refractivity contribution in [1.29, 1.82) is 0 Å². The van der Waals surface area contributed by atoms with Crippen LogP contribution in [-0.4, -0.2) is 31.3 Å². The van der Waals surface area contributed by atoms with Gasteiger partial charge in [-0.3, -0.25) is 4.79 Å². The lowest BCUT2D eigenvalue weighted by molar-refractivity contribution is 0.102. The van der Waals surface area contributed by atoms with Gasteiger partial charge in [-0.25, -0.2) is 9.37 Å². The number of halogens is 2. The van der Waals surface area contributed by atoms with Crippen molar-refractivity contribution in [3.05, 3.63) is 74.0 Å². The summed E-state index contributed by atoms with van der Waals surface area (Å²) in [6, 6.07) is 6.31. The molecule has 0 radical (unpaired) electrons. The Hall–Kier alpha value is -2.49. The van der Waals surface area contributed by atoms with E-state index in [9.17, 15) is 9.18 Å². The number of hydrogen-bond acceptors (Lipinski definition) is 7. The summed E-state index contributed by atoms with van der Waals surface area (Å²) in [6.07, 6.45) is 0.466. The fourth-order valence-electron chi connectivity index (χ4n) is 3.28. The molecular weight excluding hydrogens is 459 g/mol. The highest BCUT2D eigenvalue weighted by Gasteiger charge is 2.19. The summed E-state index contributed by atoms with van der Waals surface area (Å²) in [4.78, 5) is 17.2. The second-order valence-corrected chi connectivity index (χ2v) is 9.32. The number of benzene rings is 1. The zero-order chi connectivity index (χ0) is 22.1. The van der Waals surface area contributed by atoms with Gasteiger partial charge in [0.25, 0.3) is 5.22 Å². The minimum Gasteiger partial charge on any atom is -0.416 e. The van der Waals surface area contributed by atoms with Crippen LogP contribution in [0.1, 0.15) is 38.3 Å². The smallest absolute Gasteiger partial charge is 0.277 e. The van der Waals surface area contributed by atoms with E-state index in [2.05, 4.69) is 15.2 Å². The third-order valence-electron chi connectivity index (χ3n) is 4.67. The number of carbonyl (C=O) groups is 1. The number of thiazole rings is 1. The Labute approximate surface area is 191 Å². The molecule has 0 aliphatic heterocycles. The molecule has 1 aromatic carbocycles. The molecule has 6 nitrogen and oxygen atoms in total. The maximum Gasteiger partial charge on any atom is 0.277 e. The van der Waals surface area contributed by atoms with Crippen LogP contribution in [0.4, 0.5) is 4.39 Å². The molecule has 160 valence electrons. The number of carbonyl (C=O) groups excluding carboxylic acids is 1.